The second-order valence-corrected chi connectivity index (χ2v) is 9.74. The molecule has 3 fully saturated rings. The van der Waals surface area contributed by atoms with Crippen molar-refractivity contribution in [1.82, 2.24) is 0 Å². The topological polar surface area (TPSA) is 91.7 Å². The third-order valence-corrected chi connectivity index (χ3v) is 8.26. The number of alkyl halides is 1. The lowest BCUT2D eigenvalue weighted by Crippen LogP contribution is -2.57. The van der Waals surface area contributed by atoms with Crippen LogP contribution >= 0.6 is 0 Å². The highest BCUT2D eigenvalue weighted by Crippen LogP contribution is 2.66. The summed E-state index contributed by atoms with van der Waals surface area (Å²) in [5, 5.41) is 19.7. The van der Waals surface area contributed by atoms with Gasteiger partial charge in [-0.05, 0) is 53.7 Å². The van der Waals surface area contributed by atoms with Crippen LogP contribution in [-0.4, -0.2) is 40.0 Å². The standard InChI is InChI=1S/C22H27FO5/c1-10-6-13-12-8-15(23)14-7-11(24)4-5-21(14,2)18(12)16(25)9-22(13,3)17(10)19(26)20(27)28/h4-5,7,10,12-13,15,17-19,26H,6,8-9H2,1-3H3,(H,27,28)/t10-,12+,13+,15+,17-,18-,19-,21+,22+/m1/s1. The number of carbonyl (C=O) groups is 3. The summed E-state index contributed by atoms with van der Waals surface area (Å²) in [5.74, 6) is -2.82. The van der Waals surface area contributed by atoms with Crippen LogP contribution < -0.4 is 0 Å². The van der Waals surface area contributed by atoms with E-state index in [2.05, 4.69) is 0 Å². The van der Waals surface area contributed by atoms with Crippen molar-refractivity contribution in [3.8, 4) is 0 Å². The first kappa shape index (κ1) is 19.5. The van der Waals surface area contributed by atoms with Crippen molar-refractivity contribution in [2.75, 3.05) is 0 Å². The molecular weight excluding hydrogens is 363 g/mol. The lowest BCUT2D eigenvalue weighted by molar-refractivity contribution is -0.160. The zero-order chi connectivity index (χ0) is 20.6. The van der Waals surface area contributed by atoms with E-state index in [0.717, 1.165) is 0 Å². The van der Waals surface area contributed by atoms with Crippen LogP contribution in [0.4, 0.5) is 4.39 Å². The number of Topliss-reactive ketones (excluding diaryl/α,β-unsaturated/α-hetero) is 1. The Morgan fingerprint density at radius 3 is 2.61 bits per heavy atom. The van der Waals surface area contributed by atoms with Gasteiger partial charge in [0.05, 0.1) is 0 Å². The first-order valence-electron chi connectivity index (χ1n) is 10.0. The lowest BCUT2D eigenvalue weighted by atomic mass is 9.47. The maximum Gasteiger partial charge on any atom is 0.332 e. The number of carboxylic acid groups (broad SMARTS) is 1. The fourth-order valence-corrected chi connectivity index (χ4v) is 7.27. The maximum atomic E-state index is 15.2. The molecule has 0 aromatic carbocycles. The Morgan fingerprint density at radius 1 is 1.29 bits per heavy atom. The molecule has 0 saturated heterocycles. The Morgan fingerprint density at radius 2 is 1.96 bits per heavy atom. The highest BCUT2D eigenvalue weighted by atomic mass is 19.1. The van der Waals surface area contributed by atoms with Crippen LogP contribution in [0.15, 0.2) is 23.8 Å². The molecule has 0 radical (unpaired) electrons. The molecule has 4 aliphatic carbocycles. The minimum absolute atomic E-state index is 0.0141. The Balaban J connectivity index is 1.78. The molecule has 9 atom stereocenters. The van der Waals surface area contributed by atoms with Crippen molar-refractivity contribution in [3.05, 3.63) is 23.8 Å². The van der Waals surface area contributed by atoms with E-state index in [1.165, 1.54) is 12.2 Å². The third kappa shape index (κ3) is 2.43. The second-order valence-electron chi connectivity index (χ2n) is 9.74. The van der Waals surface area contributed by atoms with Gasteiger partial charge in [0.25, 0.3) is 0 Å². The molecule has 0 aromatic heterocycles. The number of halogens is 1. The van der Waals surface area contributed by atoms with Gasteiger partial charge in [0.2, 0.25) is 0 Å². The average Bonchev–Trinajstić information content (AvgIpc) is 2.85. The summed E-state index contributed by atoms with van der Waals surface area (Å²) in [6, 6.07) is 0. The predicted molar refractivity (Wildman–Crippen MR) is 99.0 cm³/mol. The Labute approximate surface area is 163 Å². The van der Waals surface area contributed by atoms with E-state index in [1.807, 2.05) is 20.8 Å². The van der Waals surface area contributed by atoms with Crippen molar-refractivity contribution in [2.24, 2.45) is 40.4 Å². The van der Waals surface area contributed by atoms with Crippen LogP contribution in [0.5, 0.6) is 0 Å². The van der Waals surface area contributed by atoms with Gasteiger partial charge < -0.3 is 10.2 Å². The molecule has 2 N–H and O–H groups in total. The SMILES string of the molecule is C[C@@H]1C[C@H]2[C@@H]3C[C@H](F)C4=CC(=O)C=C[C@]4(C)[C@H]3C(=O)C[C@]2(C)[C@H]1[C@@H](O)C(=O)O. The Kier molecular flexibility index (Phi) is 4.24. The van der Waals surface area contributed by atoms with Crippen LogP contribution in [0.25, 0.3) is 0 Å². The summed E-state index contributed by atoms with van der Waals surface area (Å²) in [5.41, 5.74) is -1.09. The third-order valence-electron chi connectivity index (χ3n) is 8.26. The fraction of sp³-hybridized carbons (Fsp3) is 0.682. The molecule has 6 heteroatoms. The molecule has 0 unspecified atom stereocenters. The van der Waals surface area contributed by atoms with Gasteiger partial charge in [-0.25, -0.2) is 9.18 Å². The summed E-state index contributed by atoms with van der Waals surface area (Å²) < 4.78 is 15.2. The quantitative estimate of drug-likeness (QED) is 0.756. The van der Waals surface area contributed by atoms with Gasteiger partial charge in [0.15, 0.2) is 11.9 Å². The van der Waals surface area contributed by atoms with Crippen LogP contribution in [0.3, 0.4) is 0 Å². The first-order chi connectivity index (χ1) is 13.0. The summed E-state index contributed by atoms with van der Waals surface area (Å²) >= 11 is 0. The van der Waals surface area contributed by atoms with E-state index in [1.54, 1.807) is 6.08 Å². The molecule has 0 spiro atoms. The average molecular weight is 390 g/mol. The molecular formula is C22H27FO5. The number of carboxylic acids is 1. The molecule has 0 heterocycles. The number of hydrogen-bond acceptors (Lipinski definition) is 4. The van der Waals surface area contributed by atoms with Crippen molar-refractivity contribution in [2.45, 2.75) is 52.3 Å². The minimum atomic E-state index is -1.53. The van der Waals surface area contributed by atoms with E-state index in [4.69, 9.17) is 0 Å². The summed E-state index contributed by atoms with van der Waals surface area (Å²) in [7, 11) is 0. The van der Waals surface area contributed by atoms with Crippen molar-refractivity contribution in [1.29, 1.82) is 0 Å². The molecule has 0 amide bonds. The van der Waals surface area contributed by atoms with Gasteiger partial charge in [0.1, 0.15) is 12.0 Å². The van der Waals surface area contributed by atoms with Gasteiger partial charge in [-0.2, -0.15) is 0 Å². The van der Waals surface area contributed by atoms with E-state index in [9.17, 15) is 24.6 Å². The summed E-state index contributed by atoms with van der Waals surface area (Å²) in [6.07, 6.45) is 2.65. The Bertz CT molecular complexity index is 816. The number of aliphatic hydroxyl groups is 1. The number of carbonyl (C=O) groups excluding carboxylic acids is 2. The molecule has 4 rings (SSSR count). The highest BCUT2D eigenvalue weighted by Gasteiger charge is 2.66. The van der Waals surface area contributed by atoms with E-state index in [-0.39, 0.29) is 42.2 Å². The smallest absolute Gasteiger partial charge is 0.332 e. The normalized spacial score (nSPS) is 48.4. The van der Waals surface area contributed by atoms with Crippen molar-refractivity contribution in [3.63, 3.8) is 0 Å². The van der Waals surface area contributed by atoms with Gasteiger partial charge >= 0.3 is 5.97 Å². The number of hydrogen-bond donors (Lipinski definition) is 2. The largest absolute Gasteiger partial charge is 0.479 e. The van der Waals surface area contributed by atoms with Crippen molar-refractivity contribution < 1.29 is 29.0 Å². The number of aliphatic carboxylic acids is 1. The molecule has 0 aromatic rings. The Hall–Kier alpha value is -1.82. The zero-order valence-corrected chi connectivity index (χ0v) is 16.4. The molecule has 3 saturated carbocycles. The van der Waals surface area contributed by atoms with Gasteiger partial charge in [-0.3, -0.25) is 9.59 Å². The number of allylic oxidation sites excluding steroid dienone is 4. The number of fused-ring (bicyclic) bond motifs is 5. The molecule has 28 heavy (non-hydrogen) atoms. The monoisotopic (exact) mass is 390 g/mol. The number of aliphatic hydroxyl groups excluding tert-OH is 1. The van der Waals surface area contributed by atoms with E-state index < -0.39 is 40.9 Å². The van der Waals surface area contributed by atoms with Crippen LogP contribution in [0.1, 0.15) is 40.0 Å². The van der Waals surface area contributed by atoms with Crippen LogP contribution in [0, 0.1) is 40.4 Å². The molecule has 152 valence electrons. The molecule has 4 aliphatic rings. The van der Waals surface area contributed by atoms with Gasteiger partial charge in [-0.15, -0.1) is 0 Å². The summed E-state index contributed by atoms with van der Waals surface area (Å²) in [4.78, 5) is 36.7. The predicted octanol–water partition coefficient (Wildman–Crippen LogP) is 2.73. The molecule has 0 bridgehead atoms. The van der Waals surface area contributed by atoms with Crippen molar-refractivity contribution >= 4 is 17.5 Å². The first-order valence-corrected chi connectivity index (χ1v) is 10.0. The molecule has 5 nitrogen and oxygen atoms in total. The van der Waals surface area contributed by atoms with Crippen LogP contribution in [-0.2, 0) is 14.4 Å². The zero-order valence-electron chi connectivity index (χ0n) is 16.4. The minimum Gasteiger partial charge on any atom is -0.479 e. The summed E-state index contributed by atoms with van der Waals surface area (Å²) in [6.45, 7) is 5.66. The number of rotatable bonds is 2. The second kappa shape index (κ2) is 6.09. The fourth-order valence-electron chi connectivity index (χ4n) is 7.27. The number of ketones is 2. The van der Waals surface area contributed by atoms with E-state index >= 15 is 4.39 Å². The van der Waals surface area contributed by atoms with E-state index in [0.29, 0.717) is 12.0 Å². The molecule has 0 aliphatic heterocycles. The lowest BCUT2D eigenvalue weighted by Gasteiger charge is -2.56. The van der Waals surface area contributed by atoms with Gasteiger partial charge in [-0.1, -0.05) is 26.8 Å². The van der Waals surface area contributed by atoms with Crippen LogP contribution in [0.2, 0.25) is 0 Å². The highest BCUT2D eigenvalue weighted by molar-refractivity contribution is 6.02. The maximum absolute atomic E-state index is 15.2. The van der Waals surface area contributed by atoms with Gasteiger partial charge in [0, 0.05) is 23.7 Å².